The molecule has 1 saturated heterocycles. The molecule has 1 spiro atoms. The number of aliphatic hydroxyl groups is 2. The van der Waals surface area contributed by atoms with E-state index in [1.54, 1.807) is 24.7 Å². The lowest BCUT2D eigenvalue weighted by Crippen LogP contribution is -2.49. The fourth-order valence-electron chi connectivity index (χ4n) is 4.61. The van der Waals surface area contributed by atoms with Crippen LogP contribution in [0.5, 0.6) is 0 Å². The molecule has 4 heterocycles. The van der Waals surface area contributed by atoms with E-state index in [0.29, 0.717) is 39.0 Å². The van der Waals surface area contributed by atoms with Crippen molar-refractivity contribution in [1.29, 1.82) is 0 Å². The van der Waals surface area contributed by atoms with Crippen LogP contribution < -0.4 is 0 Å². The maximum absolute atomic E-state index is 13.3. The average Bonchev–Trinajstić information content (AvgIpc) is 3.31. The van der Waals surface area contributed by atoms with Gasteiger partial charge in [0.2, 0.25) is 0 Å². The number of fused-ring (bicyclic) bond motifs is 2. The SMILES string of the molecule is C[C@H]1C[C@@]2(CCN1Cc1cnn(C[C@@H](O)C(C)(C)O)c1)OCCc1cc(C(F)(F)F)sc12. The highest BCUT2D eigenvalue weighted by molar-refractivity contribution is 7.12. The van der Waals surface area contributed by atoms with Crippen LogP contribution in [0.3, 0.4) is 0 Å². The second kappa shape index (κ2) is 8.39. The lowest BCUT2D eigenvalue weighted by molar-refractivity contribution is -0.134. The zero-order valence-electron chi connectivity index (χ0n) is 18.5. The van der Waals surface area contributed by atoms with Crippen molar-refractivity contribution in [3.8, 4) is 0 Å². The number of nitrogens with zero attached hydrogens (tertiary/aromatic N) is 3. The molecular formula is C22H30F3N3O3S. The molecule has 0 unspecified atom stereocenters. The second-order valence-electron chi connectivity index (χ2n) is 9.57. The molecule has 1 fully saturated rings. The van der Waals surface area contributed by atoms with Gasteiger partial charge in [-0.15, -0.1) is 11.3 Å². The van der Waals surface area contributed by atoms with E-state index in [1.807, 2.05) is 6.20 Å². The number of halogens is 3. The molecule has 2 N–H and O–H groups in total. The van der Waals surface area contributed by atoms with Gasteiger partial charge in [0.25, 0.3) is 0 Å². The van der Waals surface area contributed by atoms with E-state index in [4.69, 9.17) is 4.74 Å². The molecule has 178 valence electrons. The van der Waals surface area contributed by atoms with Gasteiger partial charge >= 0.3 is 6.18 Å². The Morgan fingerprint density at radius 2 is 2.12 bits per heavy atom. The number of aliphatic hydroxyl groups excluding tert-OH is 1. The Hall–Kier alpha value is -1.46. The summed E-state index contributed by atoms with van der Waals surface area (Å²) in [7, 11) is 0. The molecule has 0 amide bonds. The number of rotatable bonds is 5. The van der Waals surface area contributed by atoms with Crippen LogP contribution in [0.15, 0.2) is 18.5 Å². The molecule has 2 aliphatic heterocycles. The van der Waals surface area contributed by atoms with Gasteiger partial charge in [0.1, 0.15) is 16.6 Å². The van der Waals surface area contributed by atoms with Crippen LogP contribution in [0.2, 0.25) is 0 Å². The lowest BCUT2D eigenvalue weighted by atomic mass is 9.82. The van der Waals surface area contributed by atoms with Crippen molar-refractivity contribution in [3.63, 3.8) is 0 Å². The van der Waals surface area contributed by atoms with Gasteiger partial charge in [-0.1, -0.05) is 0 Å². The first-order valence-electron chi connectivity index (χ1n) is 10.9. The van der Waals surface area contributed by atoms with E-state index >= 15 is 0 Å². The van der Waals surface area contributed by atoms with Crippen LogP contribution >= 0.6 is 11.3 Å². The Morgan fingerprint density at radius 1 is 1.38 bits per heavy atom. The smallest absolute Gasteiger partial charge is 0.388 e. The van der Waals surface area contributed by atoms with E-state index < -0.39 is 28.4 Å². The number of hydrogen-bond acceptors (Lipinski definition) is 6. The number of alkyl halides is 3. The van der Waals surface area contributed by atoms with Gasteiger partial charge < -0.3 is 14.9 Å². The number of hydrogen-bond donors (Lipinski definition) is 2. The van der Waals surface area contributed by atoms with Crippen molar-refractivity contribution in [1.82, 2.24) is 14.7 Å². The lowest BCUT2D eigenvalue weighted by Gasteiger charge is -2.47. The highest BCUT2D eigenvalue weighted by Crippen LogP contribution is 2.49. The first-order chi connectivity index (χ1) is 14.9. The number of ether oxygens (including phenoxy) is 1. The molecule has 3 atom stereocenters. The van der Waals surface area contributed by atoms with E-state index in [9.17, 15) is 23.4 Å². The minimum absolute atomic E-state index is 0.122. The summed E-state index contributed by atoms with van der Waals surface area (Å²) >= 11 is 0.840. The van der Waals surface area contributed by atoms with Crippen molar-refractivity contribution in [3.05, 3.63) is 39.3 Å². The highest BCUT2D eigenvalue weighted by Gasteiger charge is 2.46. The minimum atomic E-state index is -4.32. The average molecular weight is 474 g/mol. The van der Waals surface area contributed by atoms with Crippen molar-refractivity contribution < 1.29 is 28.1 Å². The van der Waals surface area contributed by atoms with Crippen molar-refractivity contribution in [2.75, 3.05) is 13.2 Å². The zero-order chi connectivity index (χ0) is 23.3. The summed E-state index contributed by atoms with van der Waals surface area (Å²) in [6, 6.07) is 1.43. The zero-order valence-corrected chi connectivity index (χ0v) is 19.3. The Morgan fingerprint density at radius 3 is 2.78 bits per heavy atom. The summed E-state index contributed by atoms with van der Waals surface area (Å²) in [5.74, 6) is 0. The normalized spacial score (nSPS) is 25.8. The van der Waals surface area contributed by atoms with Crippen molar-refractivity contribution >= 4 is 11.3 Å². The molecule has 0 saturated carbocycles. The monoisotopic (exact) mass is 473 g/mol. The first-order valence-corrected chi connectivity index (χ1v) is 11.7. The third-order valence-corrected chi connectivity index (χ3v) is 7.96. The summed E-state index contributed by atoms with van der Waals surface area (Å²) in [4.78, 5) is 2.49. The van der Waals surface area contributed by atoms with Gasteiger partial charge in [-0.25, -0.2) is 0 Å². The summed E-state index contributed by atoms with van der Waals surface area (Å²) in [6.45, 7) is 7.19. The highest BCUT2D eigenvalue weighted by atomic mass is 32.1. The minimum Gasteiger partial charge on any atom is -0.388 e. The first kappa shape index (κ1) is 23.7. The van der Waals surface area contributed by atoms with Gasteiger partial charge in [0, 0.05) is 35.8 Å². The predicted molar refractivity (Wildman–Crippen MR) is 114 cm³/mol. The summed E-state index contributed by atoms with van der Waals surface area (Å²) in [5, 5.41) is 24.3. The molecule has 2 aromatic rings. The third kappa shape index (κ3) is 4.75. The molecule has 0 aromatic carbocycles. The number of aromatic nitrogens is 2. The Kier molecular flexibility index (Phi) is 6.21. The number of likely N-dealkylation sites (tertiary alicyclic amines) is 1. The van der Waals surface area contributed by atoms with Crippen LogP contribution in [-0.4, -0.2) is 55.8 Å². The maximum atomic E-state index is 13.3. The molecule has 32 heavy (non-hydrogen) atoms. The largest absolute Gasteiger partial charge is 0.425 e. The van der Waals surface area contributed by atoms with E-state index in [-0.39, 0.29) is 12.6 Å². The quantitative estimate of drug-likeness (QED) is 0.695. The fourth-order valence-corrected chi connectivity index (χ4v) is 5.87. The molecule has 6 nitrogen and oxygen atoms in total. The van der Waals surface area contributed by atoms with Gasteiger partial charge in [-0.05, 0) is 51.7 Å². The van der Waals surface area contributed by atoms with Crippen LogP contribution in [0.1, 0.15) is 54.5 Å². The number of piperidine rings is 1. The standard InChI is InChI=1S/C22H30F3N3O3S/c1-14-9-21(19-16(4-7-31-21)8-18(32-19)22(23,24)25)5-6-27(14)11-15-10-26-28(12-15)13-17(29)20(2,3)30/h8,10,12,14,17,29-30H,4-7,9,11,13H2,1-3H3/t14-,17+,21+/m0/s1. The van der Waals surface area contributed by atoms with Crippen LogP contribution in [0.4, 0.5) is 13.2 Å². The molecule has 0 aliphatic carbocycles. The van der Waals surface area contributed by atoms with Crippen LogP contribution in [0, 0.1) is 0 Å². The maximum Gasteiger partial charge on any atom is 0.425 e. The van der Waals surface area contributed by atoms with Crippen molar-refractivity contribution in [2.45, 2.75) is 82.6 Å². The summed E-state index contributed by atoms with van der Waals surface area (Å²) in [6.07, 6.45) is 0.159. The molecule has 2 aliphatic rings. The molecule has 0 bridgehead atoms. The second-order valence-corrected chi connectivity index (χ2v) is 10.6. The van der Waals surface area contributed by atoms with Crippen LogP contribution in [-0.2, 0) is 36.0 Å². The Labute approximate surface area is 189 Å². The molecule has 0 radical (unpaired) electrons. The molecule has 2 aromatic heterocycles. The van der Waals surface area contributed by atoms with Gasteiger partial charge in [0.15, 0.2) is 0 Å². The Balaban J connectivity index is 1.44. The summed E-state index contributed by atoms with van der Waals surface area (Å²) < 4.78 is 47.6. The number of thiophene rings is 1. The van der Waals surface area contributed by atoms with Gasteiger partial charge in [-0.3, -0.25) is 9.58 Å². The fraction of sp³-hybridized carbons (Fsp3) is 0.682. The Bertz CT molecular complexity index is 952. The molecular weight excluding hydrogens is 443 g/mol. The van der Waals surface area contributed by atoms with Gasteiger partial charge in [-0.2, -0.15) is 18.3 Å². The predicted octanol–water partition coefficient (Wildman–Crippen LogP) is 3.55. The third-order valence-electron chi connectivity index (χ3n) is 6.55. The molecule has 4 rings (SSSR count). The van der Waals surface area contributed by atoms with Gasteiger partial charge in [0.05, 0.1) is 24.9 Å². The van der Waals surface area contributed by atoms with E-state index in [2.05, 4.69) is 16.9 Å². The van der Waals surface area contributed by atoms with Crippen molar-refractivity contribution in [2.24, 2.45) is 0 Å². The topological polar surface area (TPSA) is 70.8 Å². The summed E-state index contributed by atoms with van der Waals surface area (Å²) in [5.41, 5.74) is -0.0926. The van der Waals surface area contributed by atoms with Crippen LogP contribution in [0.25, 0.3) is 0 Å². The van der Waals surface area contributed by atoms with E-state index in [0.717, 1.165) is 27.3 Å². The van der Waals surface area contributed by atoms with E-state index in [1.165, 1.54) is 6.07 Å². The molecule has 10 heteroatoms.